The lowest BCUT2D eigenvalue weighted by molar-refractivity contribution is -0.137. The molecule has 1 aromatic carbocycles. The van der Waals surface area contributed by atoms with Crippen molar-refractivity contribution in [3.05, 3.63) is 41.5 Å². The van der Waals surface area contributed by atoms with Crippen LogP contribution in [0.3, 0.4) is 0 Å². The van der Waals surface area contributed by atoms with Gasteiger partial charge in [-0.15, -0.1) is 0 Å². The van der Waals surface area contributed by atoms with E-state index in [1.54, 1.807) is 12.1 Å². The van der Waals surface area contributed by atoms with Gasteiger partial charge in [0.1, 0.15) is 0 Å². The molecule has 2 nitrogen and oxygen atoms in total. The van der Waals surface area contributed by atoms with Gasteiger partial charge in [-0.1, -0.05) is 12.2 Å². The summed E-state index contributed by atoms with van der Waals surface area (Å²) in [5, 5.41) is 11.9. The molecule has 0 heterocycles. The highest BCUT2D eigenvalue weighted by molar-refractivity contribution is 5.54. The first-order valence-electron chi connectivity index (χ1n) is 6.53. The van der Waals surface area contributed by atoms with Crippen molar-refractivity contribution < 1.29 is 13.2 Å². The molecule has 5 heteroatoms. The van der Waals surface area contributed by atoms with Crippen molar-refractivity contribution in [1.29, 1.82) is 5.26 Å². The number of halogens is 3. The molecule has 1 fully saturated rings. The first-order valence-corrected chi connectivity index (χ1v) is 6.53. The van der Waals surface area contributed by atoms with Gasteiger partial charge in [0, 0.05) is 17.6 Å². The Bertz CT molecular complexity index is 598. The number of nitriles is 1. The second-order valence-electron chi connectivity index (χ2n) is 5.36. The van der Waals surface area contributed by atoms with Gasteiger partial charge in [-0.05, 0) is 37.0 Å². The number of benzene rings is 1. The Kier molecular flexibility index (Phi) is 2.97. The number of hydrogen-bond acceptors (Lipinski definition) is 2. The Balaban J connectivity index is 1.81. The summed E-state index contributed by atoms with van der Waals surface area (Å²) in [6, 6.07) is 5.59. The minimum absolute atomic E-state index is 0.202. The number of fused-ring (bicyclic) bond motifs is 1. The van der Waals surface area contributed by atoms with Gasteiger partial charge in [-0.3, -0.25) is 0 Å². The molecule has 2 aliphatic carbocycles. The van der Waals surface area contributed by atoms with E-state index in [0.29, 0.717) is 17.5 Å². The monoisotopic (exact) mass is 278 g/mol. The summed E-state index contributed by atoms with van der Waals surface area (Å²) in [4.78, 5) is 0. The van der Waals surface area contributed by atoms with Gasteiger partial charge in [0.25, 0.3) is 0 Å². The van der Waals surface area contributed by atoms with Crippen molar-refractivity contribution >= 4 is 5.69 Å². The fourth-order valence-corrected chi connectivity index (χ4v) is 3.06. The van der Waals surface area contributed by atoms with Crippen LogP contribution in [0.2, 0.25) is 0 Å². The standard InChI is InChI=1S/C15H13F3N2/c16-15(17,18)13-7-11(5-4-10(13)8-19)20-14-6-9-2-1-3-12(9)14/h1,3-5,7,9,12,14,20H,2,6H2. The molecule has 0 spiro atoms. The molecular weight excluding hydrogens is 265 g/mol. The maximum absolute atomic E-state index is 12.9. The second-order valence-corrected chi connectivity index (χ2v) is 5.36. The Morgan fingerprint density at radius 2 is 2.10 bits per heavy atom. The van der Waals surface area contributed by atoms with Crippen molar-refractivity contribution in [2.75, 3.05) is 5.32 Å². The lowest BCUT2D eigenvalue weighted by atomic mass is 9.71. The molecule has 1 saturated carbocycles. The van der Waals surface area contributed by atoms with Crippen molar-refractivity contribution in [2.45, 2.75) is 25.1 Å². The van der Waals surface area contributed by atoms with E-state index in [4.69, 9.17) is 5.26 Å². The van der Waals surface area contributed by atoms with Crippen molar-refractivity contribution in [3.63, 3.8) is 0 Å². The largest absolute Gasteiger partial charge is 0.417 e. The zero-order valence-electron chi connectivity index (χ0n) is 10.6. The Labute approximate surface area is 114 Å². The minimum Gasteiger partial charge on any atom is -0.382 e. The predicted octanol–water partition coefficient (Wildman–Crippen LogP) is 3.95. The molecule has 0 aliphatic heterocycles. The Hall–Kier alpha value is -1.96. The SMILES string of the molecule is N#Cc1ccc(NC2CC3CC=CC32)cc1C(F)(F)F. The smallest absolute Gasteiger partial charge is 0.382 e. The molecule has 1 N–H and O–H groups in total. The minimum atomic E-state index is -4.50. The van der Waals surface area contributed by atoms with Crippen molar-refractivity contribution in [3.8, 4) is 6.07 Å². The predicted molar refractivity (Wildman–Crippen MR) is 68.9 cm³/mol. The fourth-order valence-electron chi connectivity index (χ4n) is 3.06. The Morgan fingerprint density at radius 1 is 1.30 bits per heavy atom. The van der Waals surface area contributed by atoms with E-state index < -0.39 is 11.7 Å². The third kappa shape index (κ3) is 2.15. The van der Waals surface area contributed by atoms with E-state index in [1.807, 2.05) is 0 Å². The van der Waals surface area contributed by atoms with E-state index >= 15 is 0 Å². The first kappa shape index (κ1) is 13.0. The third-order valence-corrected chi connectivity index (χ3v) is 4.16. The molecule has 0 saturated heterocycles. The van der Waals surface area contributed by atoms with Gasteiger partial charge < -0.3 is 5.32 Å². The number of alkyl halides is 3. The molecule has 2 aliphatic rings. The fraction of sp³-hybridized carbons (Fsp3) is 0.400. The van der Waals surface area contributed by atoms with Crippen LogP contribution in [-0.2, 0) is 6.18 Å². The molecule has 1 aromatic rings. The molecule has 3 unspecified atom stereocenters. The number of anilines is 1. The number of rotatable bonds is 2. The summed E-state index contributed by atoms with van der Waals surface area (Å²) in [6.45, 7) is 0. The van der Waals surface area contributed by atoms with Gasteiger partial charge >= 0.3 is 6.18 Å². The third-order valence-electron chi connectivity index (χ3n) is 4.16. The van der Waals surface area contributed by atoms with Gasteiger partial charge in [0.2, 0.25) is 0 Å². The van der Waals surface area contributed by atoms with Gasteiger partial charge in [-0.2, -0.15) is 18.4 Å². The van der Waals surface area contributed by atoms with Crippen LogP contribution in [0.4, 0.5) is 18.9 Å². The molecule has 0 aromatic heterocycles. The van der Waals surface area contributed by atoms with Crippen molar-refractivity contribution in [2.24, 2.45) is 11.8 Å². The van der Waals surface area contributed by atoms with Gasteiger partial charge in [-0.25, -0.2) is 0 Å². The molecule has 3 rings (SSSR count). The highest BCUT2D eigenvalue weighted by Crippen LogP contribution is 2.44. The summed E-state index contributed by atoms with van der Waals surface area (Å²) in [5.74, 6) is 1.08. The zero-order chi connectivity index (χ0) is 14.3. The highest BCUT2D eigenvalue weighted by atomic mass is 19.4. The number of hydrogen-bond donors (Lipinski definition) is 1. The van der Waals surface area contributed by atoms with E-state index in [2.05, 4.69) is 17.5 Å². The Morgan fingerprint density at radius 3 is 2.75 bits per heavy atom. The second kappa shape index (κ2) is 4.55. The summed E-state index contributed by atoms with van der Waals surface area (Å²) in [5.41, 5.74) is -0.779. The lowest BCUT2D eigenvalue weighted by Crippen LogP contribution is -2.43. The average Bonchev–Trinajstić information content (AvgIpc) is 2.76. The highest BCUT2D eigenvalue weighted by Gasteiger charge is 2.41. The maximum atomic E-state index is 12.9. The topological polar surface area (TPSA) is 35.8 Å². The normalized spacial score (nSPS) is 27.6. The van der Waals surface area contributed by atoms with E-state index in [9.17, 15) is 13.2 Å². The molecule has 0 amide bonds. The van der Waals surface area contributed by atoms with Gasteiger partial charge in [0.05, 0.1) is 17.2 Å². The number of nitrogens with one attached hydrogen (secondary N) is 1. The van der Waals surface area contributed by atoms with Crippen LogP contribution in [0.15, 0.2) is 30.4 Å². The van der Waals surface area contributed by atoms with Gasteiger partial charge in [0.15, 0.2) is 0 Å². The molecule has 0 radical (unpaired) electrons. The first-order chi connectivity index (χ1) is 9.49. The maximum Gasteiger partial charge on any atom is 0.417 e. The summed E-state index contributed by atoms with van der Waals surface area (Å²) < 4.78 is 38.6. The van der Waals surface area contributed by atoms with Crippen LogP contribution in [0.5, 0.6) is 0 Å². The average molecular weight is 278 g/mol. The molecule has 104 valence electrons. The van der Waals surface area contributed by atoms with Crippen LogP contribution < -0.4 is 5.32 Å². The lowest BCUT2D eigenvalue weighted by Gasteiger charge is -2.41. The van der Waals surface area contributed by atoms with Crippen LogP contribution in [0.1, 0.15) is 24.0 Å². The molecular formula is C15H13F3N2. The van der Waals surface area contributed by atoms with Crippen LogP contribution >= 0.6 is 0 Å². The summed E-state index contributed by atoms with van der Waals surface area (Å²) in [7, 11) is 0. The van der Waals surface area contributed by atoms with E-state index in [1.165, 1.54) is 6.07 Å². The number of allylic oxidation sites excluding steroid dienone is 1. The van der Waals surface area contributed by atoms with Crippen molar-refractivity contribution in [1.82, 2.24) is 0 Å². The number of nitrogens with zero attached hydrogens (tertiary/aromatic N) is 1. The zero-order valence-corrected chi connectivity index (χ0v) is 10.6. The summed E-state index contributed by atoms with van der Waals surface area (Å²) in [6.07, 6.45) is 1.83. The molecule has 0 bridgehead atoms. The molecule has 20 heavy (non-hydrogen) atoms. The summed E-state index contributed by atoms with van der Waals surface area (Å²) >= 11 is 0. The quantitative estimate of drug-likeness (QED) is 0.831. The van der Waals surface area contributed by atoms with Crippen LogP contribution in [0.25, 0.3) is 0 Å². The van der Waals surface area contributed by atoms with E-state index in [-0.39, 0.29) is 11.6 Å². The van der Waals surface area contributed by atoms with Crippen LogP contribution in [0, 0.1) is 23.2 Å². The van der Waals surface area contributed by atoms with Crippen LogP contribution in [-0.4, -0.2) is 6.04 Å². The molecule has 3 atom stereocenters. The van der Waals surface area contributed by atoms with E-state index in [0.717, 1.165) is 18.9 Å².